The van der Waals surface area contributed by atoms with Gasteiger partial charge in [-0.1, -0.05) is 48.5 Å². The molecule has 0 saturated heterocycles. The van der Waals surface area contributed by atoms with Gasteiger partial charge in [0.25, 0.3) is 0 Å². The summed E-state index contributed by atoms with van der Waals surface area (Å²) >= 11 is 1.63. The van der Waals surface area contributed by atoms with Crippen molar-refractivity contribution < 1.29 is 4.79 Å². The lowest BCUT2D eigenvalue weighted by Crippen LogP contribution is -2.31. The van der Waals surface area contributed by atoms with Gasteiger partial charge in [0, 0.05) is 17.6 Å². The molecule has 0 saturated carbocycles. The van der Waals surface area contributed by atoms with Gasteiger partial charge < -0.3 is 10.2 Å². The molecular formula is C23H22N4OS. The maximum Gasteiger partial charge on any atom is 0.243 e. The molecule has 0 aliphatic heterocycles. The molecule has 6 heteroatoms. The first-order valence-electron chi connectivity index (χ1n) is 9.40. The fraction of sp³-hybridized carbons (Fsp3) is 0.174. The van der Waals surface area contributed by atoms with Crippen molar-refractivity contribution in [2.24, 2.45) is 0 Å². The Bertz CT molecular complexity index is 1150. The number of para-hydroxylation sites is 1. The van der Waals surface area contributed by atoms with E-state index >= 15 is 0 Å². The van der Waals surface area contributed by atoms with E-state index in [0.29, 0.717) is 0 Å². The minimum Gasteiger partial charge on any atom is -0.350 e. The first-order chi connectivity index (χ1) is 14.0. The summed E-state index contributed by atoms with van der Waals surface area (Å²) in [4.78, 5) is 25.5. The summed E-state index contributed by atoms with van der Waals surface area (Å²) in [6.07, 6.45) is 1.56. The van der Waals surface area contributed by atoms with Crippen molar-refractivity contribution in [1.82, 2.24) is 9.97 Å². The molecule has 0 aliphatic rings. The van der Waals surface area contributed by atoms with Crippen molar-refractivity contribution in [2.45, 2.75) is 13.8 Å². The second-order valence-corrected chi connectivity index (χ2v) is 8.09. The number of anilines is 2. The number of nitrogens with zero attached hydrogens (tertiary/aromatic N) is 3. The molecule has 0 bridgehead atoms. The van der Waals surface area contributed by atoms with Gasteiger partial charge in [-0.15, -0.1) is 11.3 Å². The lowest BCUT2D eigenvalue weighted by molar-refractivity contribution is -0.114. The van der Waals surface area contributed by atoms with Crippen LogP contribution in [0, 0.1) is 13.8 Å². The Morgan fingerprint density at radius 3 is 2.48 bits per heavy atom. The van der Waals surface area contributed by atoms with Crippen LogP contribution in [0.5, 0.6) is 0 Å². The number of carbonyl (C=O) groups excluding carboxylic acids is 1. The van der Waals surface area contributed by atoms with Gasteiger partial charge in [0.15, 0.2) is 0 Å². The summed E-state index contributed by atoms with van der Waals surface area (Å²) in [6, 6.07) is 18.3. The largest absolute Gasteiger partial charge is 0.350 e. The Balaban J connectivity index is 1.58. The fourth-order valence-corrected chi connectivity index (χ4v) is 4.37. The Kier molecular flexibility index (Phi) is 5.27. The number of carbonyl (C=O) groups is 1. The van der Waals surface area contributed by atoms with Gasteiger partial charge in [-0.2, -0.15) is 0 Å². The van der Waals surface area contributed by atoms with E-state index in [1.54, 1.807) is 17.7 Å². The Hall–Kier alpha value is -3.25. The lowest BCUT2D eigenvalue weighted by Gasteiger charge is -2.19. The van der Waals surface area contributed by atoms with Crippen LogP contribution in [0.15, 0.2) is 60.9 Å². The third-order valence-electron chi connectivity index (χ3n) is 4.85. The monoisotopic (exact) mass is 402 g/mol. The summed E-state index contributed by atoms with van der Waals surface area (Å²) in [6.45, 7) is 4.20. The van der Waals surface area contributed by atoms with E-state index in [-0.39, 0.29) is 12.5 Å². The maximum atomic E-state index is 12.7. The molecule has 0 radical (unpaired) electrons. The highest BCUT2D eigenvalue weighted by Crippen LogP contribution is 2.35. The van der Waals surface area contributed by atoms with Gasteiger partial charge in [0.05, 0.1) is 11.9 Å². The number of likely N-dealkylation sites (N-methyl/N-ethyl adjacent to an activating group) is 1. The Labute approximate surface area is 174 Å². The molecule has 0 unspecified atom stereocenters. The average molecular weight is 403 g/mol. The number of nitrogens with one attached hydrogen (secondary N) is 1. The zero-order chi connectivity index (χ0) is 20.4. The molecule has 0 atom stereocenters. The normalized spacial score (nSPS) is 10.9. The Morgan fingerprint density at radius 2 is 1.76 bits per heavy atom. The van der Waals surface area contributed by atoms with Gasteiger partial charge in [0.2, 0.25) is 5.91 Å². The number of hydrogen-bond acceptors (Lipinski definition) is 5. The lowest BCUT2D eigenvalue weighted by atomic mass is 10.1. The average Bonchev–Trinajstić information content (AvgIpc) is 3.16. The molecule has 146 valence electrons. The molecule has 5 nitrogen and oxygen atoms in total. The fourth-order valence-electron chi connectivity index (χ4n) is 3.37. The topological polar surface area (TPSA) is 58.1 Å². The van der Waals surface area contributed by atoms with Crippen LogP contribution in [0.25, 0.3) is 20.7 Å². The SMILES string of the molecule is Cc1cccc(C)c1NC(=O)CN(C)c1ncnc2sc(-c3ccccc3)cc12. The number of hydrogen-bond donors (Lipinski definition) is 1. The van der Waals surface area contributed by atoms with Crippen molar-refractivity contribution >= 4 is 39.0 Å². The molecule has 29 heavy (non-hydrogen) atoms. The first-order valence-corrected chi connectivity index (χ1v) is 10.2. The molecular weight excluding hydrogens is 380 g/mol. The second-order valence-electron chi connectivity index (χ2n) is 7.06. The van der Waals surface area contributed by atoms with Crippen LogP contribution in [-0.2, 0) is 4.79 Å². The highest BCUT2D eigenvalue weighted by Gasteiger charge is 2.16. The van der Waals surface area contributed by atoms with Gasteiger partial charge in [0.1, 0.15) is 17.0 Å². The predicted octanol–water partition coefficient (Wildman–Crippen LogP) is 5.05. The van der Waals surface area contributed by atoms with E-state index in [0.717, 1.165) is 43.3 Å². The third-order valence-corrected chi connectivity index (χ3v) is 5.95. The number of benzene rings is 2. The minimum absolute atomic E-state index is 0.0739. The van der Waals surface area contributed by atoms with Gasteiger partial charge in [-0.25, -0.2) is 9.97 Å². The van der Waals surface area contributed by atoms with Crippen molar-refractivity contribution in [2.75, 3.05) is 23.8 Å². The second kappa shape index (κ2) is 8.01. The van der Waals surface area contributed by atoms with Crippen LogP contribution < -0.4 is 10.2 Å². The van der Waals surface area contributed by atoms with Crippen LogP contribution in [0.2, 0.25) is 0 Å². The zero-order valence-corrected chi connectivity index (χ0v) is 17.5. The molecule has 1 amide bonds. The molecule has 2 heterocycles. The van der Waals surface area contributed by atoms with E-state index in [2.05, 4.69) is 33.5 Å². The summed E-state index contributed by atoms with van der Waals surface area (Å²) < 4.78 is 0. The zero-order valence-electron chi connectivity index (χ0n) is 16.6. The van der Waals surface area contributed by atoms with Crippen LogP contribution in [-0.4, -0.2) is 29.5 Å². The van der Waals surface area contributed by atoms with E-state index < -0.39 is 0 Å². The third kappa shape index (κ3) is 3.98. The van der Waals surface area contributed by atoms with Gasteiger partial charge in [-0.3, -0.25) is 4.79 Å². The molecule has 2 aromatic carbocycles. The molecule has 0 aliphatic carbocycles. The van der Waals surface area contributed by atoms with Crippen molar-refractivity contribution in [1.29, 1.82) is 0 Å². The van der Waals surface area contributed by atoms with Crippen molar-refractivity contribution in [3.63, 3.8) is 0 Å². The number of thiophene rings is 1. The number of amides is 1. The Morgan fingerprint density at radius 1 is 1.03 bits per heavy atom. The number of aryl methyl sites for hydroxylation is 2. The molecule has 4 rings (SSSR count). The van der Waals surface area contributed by atoms with Crippen molar-refractivity contribution in [3.05, 3.63) is 72.1 Å². The van der Waals surface area contributed by atoms with Gasteiger partial charge >= 0.3 is 0 Å². The smallest absolute Gasteiger partial charge is 0.243 e. The number of rotatable bonds is 5. The molecule has 1 N–H and O–H groups in total. The maximum absolute atomic E-state index is 12.7. The molecule has 0 spiro atoms. The summed E-state index contributed by atoms with van der Waals surface area (Å²) in [5.41, 5.74) is 4.13. The molecule has 4 aromatic rings. The standard InChI is InChI=1S/C23H22N4OS/c1-15-8-7-9-16(2)21(15)26-20(28)13-27(3)22-18-12-19(17-10-5-4-6-11-17)29-23(18)25-14-24-22/h4-12,14H,13H2,1-3H3,(H,26,28). The van der Waals surface area contributed by atoms with Crippen LogP contribution in [0.1, 0.15) is 11.1 Å². The quantitative estimate of drug-likeness (QED) is 0.507. The van der Waals surface area contributed by atoms with Crippen LogP contribution in [0.3, 0.4) is 0 Å². The summed E-state index contributed by atoms with van der Waals surface area (Å²) in [5, 5.41) is 3.99. The number of fused-ring (bicyclic) bond motifs is 1. The van der Waals surface area contributed by atoms with E-state index in [9.17, 15) is 4.79 Å². The van der Waals surface area contributed by atoms with E-state index in [1.165, 1.54) is 0 Å². The minimum atomic E-state index is -0.0739. The summed E-state index contributed by atoms with van der Waals surface area (Å²) in [7, 11) is 1.88. The predicted molar refractivity (Wildman–Crippen MR) is 121 cm³/mol. The highest BCUT2D eigenvalue weighted by atomic mass is 32.1. The molecule has 0 fully saturated rings. The number of aromatic nitrogens is 2. The highest BCUT2D eigenvalue weighted by molar-refractivity contribution is 7.21. The van der Waals surface area contributed by atoms with E-state index in [1.807, 2.05) is 62.2 Å². The summed E-state index contributed by atoms with van der Waals surface area (Å²) in [5.74, 6) is 0.681. The van der Waals surface area contributed by atoms with E-state index in [4.69, 9.17) is 0 Å². The van der Waals surface area contributed by atoms with Crippen LogP contribution >= 0.6 is 11.3 Å². The first kappa shape index (κ1) is 19.1. The molecule has 2 aromatic heterocycles. The van der Waals surface area contributed by atoms with Crippen LogP contribution in [0.4, 0.5) is 11.5 Å². The van der Waals surface area contributed by atoms with Crippen molar-refractivity contribution in [3.8, 4) is 10.4 Å². The van der Waals surface area contributed by atoms with Gasteiger partial charge in [-0.05, 0) is 36.6 Å².